The fraction of sp³-hybridized carbons (Fsp3) is 0.250. The van der Waals surface area contributed by atoms with Gasteiger partial charge in [-0.05, 0) is 13.0 Å². The van der Waals surface area contributed by atoms with Crippen LogP contribution in [0.1, 0.15) is 10.7 Å². The second-order valence-electron chi connectivity index (χ2n) is 3.88. The monoisotopic (exact) mass is 269 g/mol. The minimum atomic E-state index is -0.748. The number of hydrogen-bond acceptors (Lipinski definition) is 4. The standard InChI is InChI=1S/C12H13F2N3S/c1-7-17-9(6-18-7)2-3-16-11-5-8(13)4-10(14)12(11)15/h4-6,16H,2-3,15H2,1H3. The highest BCUT2D eigenvalue weighted by Crippen LogP contribution is 2.23. The van der Waals surface area contributed by atoms with Gasteiger partial charge in [-0.1, -0.05) is 0 Å². The van der Waals surface area contributed by atoms with Gasteiger partial charge in [0.05, 0.1) is 22.1 Å². The molecule has 2 rings (SSSR count). The summed E-state index contributed by atoms with van der Waals surface area (Å²) in [4.78, 5) is 4.30. The van der Waals surface area contributed by atoms with Crippen LogP contribution in [0.2, 0.25) is 0 Å². The predicted octanol–water partition coefficient (Wildman–Crippen LogP) is 2.97. The lowest BCUT2D eigenvalue weighted by molar-refractivity contribution is 0.587. The molecule has 3 N–H and O–H groups in total. The van der Waals surface area contributed by atoms with Gasteiger partial charge in [0.15, 0.2) is 5.82 Å². The van der Waals surface area contributed by atoms with Gasteiger partial charge in [0.1, 0.15) is 5.82 Å². The Balaban J connectivity index is 1.98. The number of rotatable bonds is 4. The fourth-order valence-corrected chi connectivity index (χ4v) is 2.23. The van der Waals surface area contributed by atoms with Gasteiger partial charge >= 0.3 is 0 Å². The Hall–Kier alpha value is -1.69. The van der Waals surface area contributed by atoms with Crippen LogP contribution in [-0.4, -0.2) is 11.5 Å². The third kappa shape index (κ3) is 2.95. The zero-order valence-electron chi connectivity index (χ0n) is 9.84. The third-order valence-corrected chi connectivity index (χ3v) is 3.28. The zero-order chi connectivity index (χ0) is 13.1. The molecule has 18 heavy (non-hydrogen) atoms. The Morgan fingerprint density at radius 3 is 2.83 bits per heavy atom. The quantitative estimate of drug-likeness (QED) is 0.839. The maximum atomic E-state index is 13.2. The normalized spacial score (nSPS) is 10.6. The highest BCUT2D eigenvalue weighted by Gasteiger charge is 2.07. The van der Waals surface area contributed by atoms with Gasteiger partial charge < -0.3 is 11.1 Å². The molecule has 0 amide bonds. The molecule has 0 saturated carbocycles. The first-order chi connectivity index (χ1) is 8.56. The summed E-state index contributed by atoms with van der Waals surface area (Å²) in [7, 11) is 0. The average Bonchev–Trinajstić information content (AvgIpc) is 2.71. The molecule has 96 valence electrons. The lowest BCUT2D eigenvalue weighted by Crippen LogP contribution is -2.08. The highest BCUT2D eigenvalue weighted by molar-refractivity contribution is 7.09. The van der Waals surface area contributed by atoms with Crippen LogP contribution in [0, 0.1) is 18.6 Å². The van der Waals surface area contributed by atoms with Crippen LogP contribution in [0.3, 0.4) is 0 Å². The van der Waals surface area contributed by atoms with E-state index in [4.69, 9.17) is 5.73 Å². The van der Waals surface area contributed by atoms with Crippen LogP contribution < -0.4 is 11.1 Å². The third-order valence-electron chi connectivity index (χ3n) is 2.46. The highest BCUT2D eigenvalue weighted by atomic mass is 32.1. The van der Waals surface area contributed by atoms with Crippen molar-refractivity contribution in [2.24, 2.45) is 0 Å². The van der Waals surface area contributed by atoms with Gasteiger partial charge in [0.25, 0.3) is 0 Å². The number of nitrogens with two attached hydrogens (primary N) is 1. The Morgan fingerprint density at radius 2 is 2.17 bits per heavy atom. The number of halogens is 2. The number of nitrogens with zero attached hydrogens (tertiary/aromatic N) is 1. The van der Waals surface area contributed by atoms with E-state index >= 15 is 0 Å². The summed E-state index contributed by atoms with van der Waals surface area (Å²) in [5.41, 5.74) is 6.69. The van der Waals surface area contributed by atoms with Crippen molar-refractivity contribution in [1.29, 1.82) is 0 Å². The molecule has 1 aromatic heterocycles. The van der Waals surface area contributed by atoms with Gasteiger partial charge in [-0.15, -0.1) is 11.3 Å². The van der Waals surface area contributed by atoms with Crippen LogP contribution in [0.4, 0.5) is 20.2 Å². The topological polar surface area (TPSA) is 50.9 Å². The molecule has 0 saturated heterocycles. The maximum Gasteiger partial charge on any atom is 0.151 e. The zero-order valence-corrected chi connectivity index (χ0v) is 10.7. The summed E-state index contributed by atoms with van der Waals surface area (Å²) in [5.74, 6) is -1.39. The van der Waals surface area contributed by atoms with Gasteiger partial charge in [-0.3, -0.25) is 0 Å². The molecule has 6 heteroatoms. The van der Waals surface area contributed by atoms with Crippen LogP contribution in [-0.2, 0) is 6.42 Å². The molecule has 1 aromatic carbocycles. The van der Waals surface area contributed by atoms with E-state index in [1.54, 1.807) is 11.3 Å². The molecule has 1 heterocycles. The summed E-state index contributed by atoms with van der Waals surface area (Å²) in [6.45, 7) is 2.46. The molecule has 0 bridgehead atoms. The van der Waals surface area contributed by atoms with E-state index in [-0.39, 0.29) is 11.4 Å². The van der Waals surface area contributed by atoms with E-state index in [2.05, 4.69) is 10.3 Å². The van der Waals surface area contributed by atoms with Gasteiger partial charge in [0.2, 0.25) is 0 Å². The summed E-state index contributed by atoms with van der Waals surface area (Å²) in [6, 6.07) is 1.95. The van der Waals surface area contributed by atoms with E-state index in [0.29, 0.717) is 13.0 Å². The van der Waals surface area contributed by atoms with E-state index in [0.717, 1.165) is 16.8 Å². The Labute approximate surface area is 108 Å². The van der Waals surface area contributed by atoms with Gasteiger partial charge in [-0.25, -0.2) is 13.8 Å². The number of aryl methyl sites for hydroxylation is 1. The van der Waals surface area contributed by atoms with Crippen molar-refractivity contribution >= 4 is 22.7 Å². The Kier molecular flexibility index (Phi) is 3.76. The van der Waals surface area contributed by atoms with E-state index < -0.39 is 11.6 Å². The van der Waals surface area contributed by atoms with Crippen LogP contribution in [0.25, 0.3) is 0 Å². The number of aromatic nitrogens is 1. The van der Waals surface area contributed by atoms with Crippen molar-refractivity contribution in [3.05, 3.63) is 39.8 Å². The fourth-order valence-electron chi connectivity index (χ4n) is 1.58. The first kappa shape index (κ1) is 12.8. The Bertz CT molecular complexity index is 554. The summed E-state index contributed by atoms with van der Waals surface area (Å²) < 4.78 is 26.2. The van der Waals surface area contributed by atoms with Gasteiger partial charge in [0, 0.05) is 24.4 Å². The van der Waals surface area contributed by atoms with Crippen molar-refractivity contribution in [1.82, 2.24) is 4.98 Å². The molecule has 2 aromatic rings. The van der Waals surface area contributed by atoms with E-state index in [9.17, 15) is 8.78 Å². The number of nitrogen functional groups attached to an aromatic ring is 1. The van der Waals surface area contributed by atoms with Crippen molar-refractivity contribution in [3.63, 3.8) is 0 Å². The lowest BCUT2D eigenvalue weighted by atomic mass is 10.2. The van der Waals surface area contributed by atoms with Crippen LogP contribution in [0.5, 0.6) is 0 Å². The van der Waals surface area contributed by atoms with Gasteiger partial charge in [-0.2, -0.15) is 0 Å². The molecule has 3 nitrogen and oxygen atoms in total. The molecule has 0 aliphatic carbocycles. The number of thiazole rings is 1. The first-order valence-electron chi connectivity index (χ1n) is 5.45. The number of nitrogens with one attached hydrogen (secondary N) is 1. The predicted molar refractivity (Wildman–Crippen MR) is 69.8 cm³/mol. The minimum absolute atomic E-state index is 0.0640. The molecular formula is C12H13F2N3S. The summed E-state index contributed by atoms with van der Waals surface area (Å²) >= 11 is 1.58. The van der Waals surface area contributed by atoms with Crippen molar-refractivity contribution in [2.75, 3.05) is 17.6 Å². The molecule has 0 unspecified atom stereocenters. The number of benzene rings is 1. The lowest BCUT2D eigenvalue weighted by Gasteiger charge is -2.09. The Morgan fingerprint density at radius 1 is 1.39 bits per heavy atom. The smallest absolute Gasteiger partial charge is 0.151 e. The summed E-state index contributed by atoms with van der Waals surface area (Å²) in [5, 5.41) is 5.88. The minimum Gasteiger partial charge on any atom is -0.395 e. The molecule has 0 aliphatic rings. The second-order valence-corrected chi connectivity index (χ2v) is 4.95. The average molecular weight is 269 g/mol. The SMILES string of the molecule is Cc1nc(CCNc2cc(F)cc(F)c2N)cs1. The molecule has 0 aliphatic heterocycles. The van der Waals surface area contributed by atoms with Crippen LogP contribution in [0.15, 0.2) is 17.5 Å². The summed E-state index contributed by atoms with van der Waals surface area (Å²) in [6.07, 6.45) is 0.682. The molecule has 0 spiro atoms. The van der Waals surface area contributed by atoms with E-state index in [1.165, 1.54) is 6.07 Å². The molecular weight excluding hydrogens is 256 g/mol. The molecule has 0 atom stereocenters. The largest absolute Gasteiger partial charge is 0.395 e. The number of anilines is 2. The van der Waals surface area contributed by atoms with E-state index in [1.807, 2.05) is 12.3 Å². The van der Waals surface area contributed by atoms with Crippen LogP contribution >= 0.6 is 11.3 Å². The number of hydrogen-bond donors (Lipinski definition) is 2. The maximum absolute atomic E-state index is 13.2. The first-order valence-corrected chi connectivity index (χ1v) is 6.33. The molecule has 0 fully saturated rings. The second kappa shape index (κ2) is 5.30. The van der Waals surface area contributed by atoms with Crippen molar-refractivity contribution in [2.45, 2.75) is 13.3 Å². The molecule has 0 radical (unpaired) electrons. The van der Waals surface area contributed by atoms with Crippen molar-refractivity contribution < 1.29 is 8.78 Å². The van der Waals surface area contributed by atoms with Crippen molar-refractivity contribution in [3.8, 4) is 0 Å².